The van der Waals surface area contributed by atoms with E-state index in [4.69, 9.17) is 5.73 Å². The van der Waals surface area contributed by atoms with E-state index in [9.17, 15) is 4.79 Å². The van der Waals surface area contributed by atoms with Gasteiger partial charge in [-0.05, 0) is 11.0 Å². The molecule has 1 aromatic carbocycles. The Bertz CT molecular complexity index is 515. The number of benzene rings is 1. The van der Waals surface area contributed by atoms with Gasteiger partial charge in [-0.15, -0.1) is 0 Å². The Labute approximate surface area is 131 Å². The van der Waals surface area contributed by atoms with Crippen molar-refractivity contribution in [1.29, 1.82) is 0 Å². The Hall–Kier alpha value is -1.68. The van der Waals surface area contributed by atoms with Crippen LogP contribution < -0.4 is 11.1 Å². The SMILES string of the molecule is C=C(S/C=C(\N)CCNC(=O)C(C)(C)C)c1ccccc1. The Kier molecular flexibility index (Phi) is 6.56. The van der Waals surface area contributed by atoms with Crippen molar-refractivity contribution in [1.82, 2.24) is 5.32 Å². The van der Waals surface area contributed by atoms with Crippen LogP contribution in [0.4, 0.5) is 0 Å². The molecular weight excluding hydrogens is 280 g/mol. The molecule has 3 N–H and O–H groups in total. The zero-order valence-electron chi connectivity index (χ0n) is 13.0. The predicted octanol–water partition coefficient (Wildman–Crippen LogP) is 3.74. The second-order valence-corrected chi connectivity index (χ2v) is 6.82. The fraction of sp³-hybridized carbons (Fsp3) is 0.353. The minimum Gasteiger partial charge on any atom is -0.402 e. The van der Waals surface area contributed by atoms with Crippen molar-refractivity contribution in [2.45, 2.75) is 27.2 Å². The molecule has 0 heterocycles. The van der Waals surface area contributed by atoms with Gasteiger partial charge in [-0.1, -0.05) is 69.4 Å². The minimum atomic E-state index is -0.366. The lowest BCUT2D eigenvalue weighted by atomic mass is 9.96. The molecule has 0 spiro atoms. The van der Waals surface area contributed by atoms with E-state index in [0.29, 0.717) is 13.0 Å². The van der Waals surface area contributed by atoms with E-state index in [1.807, 2.05) is 56.5 Å². The van der Waals surface area contributed by atoms with Crippen LogP contribution in [0, 0.1) is 5.41 Å². The predicted molar refractivity (Wildman–Crippen MR) is 92.4 cm³/mol. The average Bonchev–Trinajstić information content (AvgIpc) is 2.44. The number of carbonyl (C=O) groups is 1. The van der Waals surface area contributed by atoms with Crippen molar-refractivity contribution < 1.29 is 4.79 Å². The van der Waals surface area contributed by atoms with Gasteiger partial charge < -0.3 is 11.1 Å². The minimum absolute atomic E-state index is 0.0386. The molecule has 1 rings (SSSR count). The van der Waals surface area contributed by atoms with Gasteiger partial charge in [0.05, 0.1) is 0 Å². The number of thioether (sulfide) groups is 1. The van der Waals surface area contributed by atoms with Gasteiger partial charge in [0, 0.05) is 29.0 Å². The van der Waals surface area contributed by atoms with Crippen molar-refractivity contribution in [2.24, 2.45) is 11.1 Å². The largest absolute Gasteiger partial charge is 0.402 e. The molecule has 1 aromatic rings. The summed E-state index contributed by atoms with van der Waals surface area (Å²) in [4.78, 5) is 12.7. The Morgan fingerprint density at radius 2 is 1.95 bits per heavy atom. The molecule has 0 saturated carbocycles. The van der Waals surface area contributed by atoms with E-state index in [2.05, 4.69) is 11.9 Å². The second-order valence-electron chi connectivity index (χ2n) is 5.86. The monoisotopic (exact) mass is 304 g/mol. The molecule has 0 aromatic heterocycles. The highest BCUT2D eigenvalue weighted by Gasteiger charge is 2.20. The van der Waals surface area contributed by atoms with E-state index >= 15 is 0 Å². The summed E-state index contributed by atoms with van der Waals surface area (Å²) in [5.41, 5.74) is 7.41. The molecule has 0 bridgehead atoms. The van der Waals surface area contributed by atoms with Gasteiger partial charge in [-0.2, -0.15) is 0 Å². The average molecular weight is 304 g/mol. The number of nitrogens with one attached hydrogen (secondary N) is 1. The van der Waals surface area contributed by atoms with Crippen LogP contribution in [0.2, 0.25) is 0 Å². The molecule has 3 nitrogen and oxygen atoms in total. The summed E-state index contributed by atoms with van der Waals surface area (Å²) in [6, 6.07) is 9.97. The molecule has 0 radical (unpaired) electrons. The molecule has 1 amide bonds. The van der Waals surface area contributed by atoms with E-state index in [1.165, 1.54) is 11.8 Å². The van der Waals surface area contributed by atoms with E-state index in [0.717, 1.165) is 16.2 Å². The second kappa shape index (κ2) is 7.93. The number of carbonyl (C=O) groups excluding carboxylic acids is 1. The summed E-state index contributed by atoms with van der Waals surface area (Å²) in [6.45, 7) is 10.3. The Balaban J connectivity index is 2.37. The first-order valence-electron chi connectivity index (χ1n) is 6.94. The maximum atomic E-state index is 11.7. The molecule has 0 saturated heterocycles. The normalized spacial score (nSPS) is 12.0. The standard InChI is InChI=1S/C17H24N2OS/c1-13(14-8-6-5-7-9-14)21-12-15(18)10-11-19-16(20)17(2,3)4/h5-9,12H,1,10-11,18H2,2-4H3,(H,19,20)/b15-12-. The Morgan fingerprint density at radius 3 is 2.52 bits per heavy atom. The molecule has 4 heteroatoms. The Morgan fingerprint density at radius 1 is 1.33 bits per heavy atom. The highest BCUT2D eigenvalue weighted by atomic mass is 32.2. The van der Waals surface area contributed by atoms with Crippen LogP contribution in [0.5, 0.6) is 0 Å². The van der Waals surface area contributed by atoms with Crippen molar-refractivity contribution in [2.75, 3.05) is 6.54 Å². The summed E-state index contributed by atoms with van der Waals surface area (Å²) in [7, 11) is 0. The van der Waals surface area contributed by atoms with Gasteiger partial charge in [-0.3, -0.25) is 4.79 Å². The summed E-state index contributed by atoms with van der Waals surface area (Å²) < 4.78 is 0. The summed E-state index contributed by atoms with van der Waals surface area (Å²) in [5, 5.41) is 4.77. The van der Waals surface area contributed by atoms with Gasteiger partial charge in [-0.25, -0.2) is 0 Å². The zero-order valence-corrected chi connectivity index (χ0v) is 13.8. The third kappa shape index (κ3) is 6.54. The van der Waals surface area contributed by atoms with Gasteiger partial charge in [0.15, 0.2) is 0 Å². The number of nitrogens with two attached hydrogens (primary N) is 1. The summed E-state index contributed by atoms with van der Waals surface area (Å²) >= 11 is 1.51. The first-order valence-corrected chi connectivity index (χ1v) is 7.82. The fourth-order valence-electron chi connectivity index (χ4n) is 1.48. The molecular formula is C17H24N2OS. The summed E-state index contributed by atoms with van der Waals surface area (Å²) in [6.07, 6.45) is 0.636. The van der Waals surface area contributed by atoms with Crippen molar-refractivity contribution in [3.8, 4) is 0 Å². The van der Waals surface area contributed by atoms with Gasteiger partial charge >= 0.3 is 0 Å². The molecule has 0 aliphatic heterocycles. The molecule has 0 aliphatic carbocycles. The number of amides is 1. The zero-order chi connectivity index (χ0) is 15.9. The number of rotatable bonds is 6. The van der Waals surface area contributed by atoms with Gasteiger partial charge in [0.25, 0.3) is 0 Å². The lowest BCUT2D eigenvalue weighted by molar-refractivity contribution is -0.128. The molecule has 0 fully saturated rings. The van der Waals surface area contributed by atoms with Gasteiger partial charge in [0.2, 0.25) is 5.91 Å². The first kappa shape index (κ1) is 17.4. The van der Waals surface area contributed by atoms with Crippen molar-refractivity contribution >= 4 is 22.6 Å². The third-order valence-corrected chi connectivity index (χ3v) is 3.77. The number of hydrogen-bond donors (Lipinski definition) is 2. The van der Waals surface area contributed by atoms with Crippen LogP contribution in [-0.2, 0) is 4.79 Å². The van der Waals surface area contributed by atoms with Crippen LogP contribution >= 0.6 is 11.8 Å². The quantitative estimate of drug-likeness (QED) is 0.841. The lowest BCUT2D eigenvalue weighted by Gasteiger charge is -2.17. The number of hydrogen-bond acceptors (Lipinski definition) is 3. The van der Waals surface area contributed by atoms with E-state index in [-0.39, 0.29) is 11.3 Å². The maximum absolute atomic E-state index is 11.7. The first-order chi connectivity index (χ1) is 9.80. The molecule has 0 unspecified atom stereocenters. The maximum Gasteiger partial charge on any atom is 0.225 e. The molecule has 21 heavy (non-hydrogen) atoms. The topological polar surface area (TPSA) is 55.1 Å². The third-order valence-electron chi connectivity index (χ3n) is 2.83. The highest BCUT2D eigenvalue weighted by molar-refractivity contribution is 8.10. The van der Waals surface area contributed by atoms with Crippen LogP contribution in [0.3, 0.4) is 0 Å². The summed E-state index contributed by atoms with van der Waals surface area (Å²) in [5.74, 6) is 0.0386. The highest BCUT2D eigenvalue weighted by Crippen LogP contribution is 2.26. The van der Waals surface area contributed by atoms with Crippen LogP contribution in [-0.4, -0.2) is 12.5 Å². The van der Waals surface area contributed by atoms with Crippen LogP contribution in [0.1, 0.15) is 32.8 Å². The molecule has 114 valence electrons. The smallest absolute Gasteiger partial charge is 0.225 e. The van der Waals surface area contributed by atoms with Crippen molar-refractivity contribution in [3.63, 3.8) is 0 Å². The van der Waals surface area contributed by atoms with Crippen LogP contribution in [0.25, 0.3) is 4.91 Å². The molecule has 0 atom stereocenters. The van der Waals surface area contributed by atoms with Gasteiger partial charge in [0.1, 0.15) is 0 Å². The lowest BCUT2D eigenvalue weighted by Crippen LogP contribution is -2.35. The van der Waals surface area contributed by atoms with Crippen LogP contribution in [0.15, 0.2) is 48.0 Å². The van der Waals surface area contributed by atoms with E-state index in [1.54, 1.807) is 0 Å². The molecule has 0 aliphatic rings. The fourth-order valence-corrected chi connectivity index (χ4v) is 2.17. The van der Waals surface area contributed by atoms with E-state index < -0.39 is 0 Å². The van der Waals surface area contributed by atoms with Crippen molar-refractivity contribution in [3.05, 3.63) is 53.6 Å².